The average molecular weight is 390 g/mol. The summed E-state index contributed by atoms with van der Waals surface area (Å²) in [7, 11) is 0. The fraction of sp³-hybridized carbons (Fsp3) is 0.538. The zero-order valence-corrected chi connectivity index (χ0v) is 12.1. The van der Waals surface area contributed by atoms with Gasteiger partial charge < -0.3 is 4.74 Å². The first-order valence-corrected chi connectivity index (χ1v) is 6.25. The van der Waals surface area contributed by atoms with Crippen molar-refractivity contribution in [2.75, 3.05) is 6.67 Å². The minimum absolute atomic E-state index is 0.262. The Bertz CT molecular complexity index is 612. The molecule has 0 aliphatic heterocycles. The summed E-state index contributed by atoms with van der Waals surface area (Å²) in [5, 5.41) is 0. The fourth-order valence-electron chi connectivity index (χ4n) is 1.57. The van der Waals surface area contributed by atoms with Crippen LogP contribution in [0.1, 0.15) is 5.56 Å². The molecule has 12 heteroatoms. The van der Waals surface area contributed by atoms with Crippen LogP contribution in [0.5, 0.6) is 5.75 Å². The summed E-state index contributed by atoms with van der Waals surface area (Å²) in [4.78, 5) is 0. The van der Waals surface area contributed by atoms with Gasteiger partial charge in [0.25, 0.3) is 0 Å². The van der Waals surface area contributed by atoms with Gasteiger partial charge in [0, 0.05) is 0 Å². The molecule has 0 unspecified atom stereocenters. The van der Waals surface area contributed by atoms with E-state index in [-0.39, 0.29) is 5.56 Å². The number of halogens is 11. The van der Waals surface area contributed by atoms with Gasteiger partial charge in [-0.1, -0.05) is 18.2 Å². The lowest BCUT2D eigenvalue weighted by Crippen LogP contribution is -2.68. The van der Waals surface area contributed by atoms with E-state index in [1.54, 1.807) is 0 Å². The lowest BCUT2D eigenvalue weighted by molar-refractivity contribution is -0.431. The Morgan fingerprint density at radius 3 is 1.68 bits per heavy atom. The molecule has 1 nitrogen and oxygen atoms in total. The lowest BCUT2D eigenvalue weighted by atomic mass is 9.98. The van der Waals surface area contributed by atoms with Gasteiger partial charge in [0.1, 0.15) is 5.75 Å². The maximum absolute atomic E-state index is 13.5. The van der Waals surface area contributed by atoms with Crippen LogP contribution in [0.3, 0.4) is 0 Å². The maximum atomic E-state index is 13.5. The monoisotopic (exact) mass is 390 g/mol. The van der Waals surface area contributed by atoms with E-state index in [4.69, 9.17) is 0 Å². The van der Waals surface area contributed by atoms with Crippen LogP contribution in [0.2, 0.25) is 0 Å². The van der Waals surface area contributed by atoms with E-state index >= 15 is 0 Å². The molecule has 0 heterocycles. The van der Waals surface area contributed by atoms with Crippen LogP contribution in [0.25, 0.3) is 0 Å². The lowest BCUT2D eigenvalue weighted by Gasteiger charge is -2.38. The van der Waals surface area contributed by atoms with Gasteiger partial charge in [-0.05, 0) is 18.6 Å². The number of benzene rings is 1. The predicted octanol–water partition coefficient (Wildman–Crippen LogP) is 5.48. The van der Waals surface area contributed by atoms with Crippen LogP contribution in [-0.2, 0) is 0 Å². The van der Waals surface area contributed by atoms with E-state index in [1.807, 2.05) is 0 Å². The van der Waals surface area contributed by atoms with Crippen LogP contribution in [-0.4, -0.2) is 36.5 Å². The van der Waals surface area contributed by atoms with Crippen molar-refractivity contribution in [3.63, 3.8) is 0 Å². The van der Waals surface area contributed by atoms with E-state index < -0.39 is 42.2 Å². The Hall–Kier alpha value is -1.75. The van der Waals surface area contributed by atoms with Crippen LogP contribution >= 0.6 is 0 Å². The summed E-state index contributed by atoms with van der Waals surface area (Å²) in [6.07, 6.45) is -6.32. The predicted molar refractivity (Wildman–Crippen MR) is 62.5 cm³/mol. The molecule has 0 saturated carbocycles. The zero-order valence-electron chi connectivity index (χ0n) is 12.1. The first-order valence-electron chi connectivity index (χ1n) is 6.25. The molecule has 25 heavy (non-hydrogen) atoms. The Balaban J connectivity index is 3.34. The van der Waals surface area contributed by atoms with Gasteiger partial charge >= 0.3 is 29.8 Å². The summed E-state index contributed by atoms with van der Waals surface area (Å²) in [5.41, 5.74) is -0.262. The highest BCUT2D eigenvalue weighted by Crippen LogP contribution is 2.57. The Labute approximate surface area is 133 Å². The molecule has 0 bridgehead atoms. The SMILES string of the molecule is Cc1ccccc1OC(F)(F)C(F)(F)C(F)(F)C(F)(F)C(F)(F)CF. The first-order chi connectivity index (χ1) is 11.0. The van der Waals surface area contributed by atoms with Gasteiger partial charge in [0.15, 0.2) is 6.67 Å². The highest BCUT2D eigenvalue weighted by molar-refractivity contribution is 5.32. The molecule has 0 saturated heterocycles. The van der Waals surface area contributed by atoms with Crippen molar-refractivity contribution < 1.29 is 53.0 Å². The molecule has 1 aromatic carbocycles. The van der Waals surface area contributed by atoms with Crippen molar-refractivity contribution in [2.24, 2.45) is 0 Å². The molecule has 1 rings (SSSR count). The van der Waals surface area contributed by atoms with E-state index in [0.29, 0.717) is 6.07 Å². The van der Waals surface area contributed by atoms with E-state index in [9.17, 15) is 48.3 Å². The van der Waals surface area contributed by atoms with Crippen molar-refractivity contribution in [3.8, 4) is 5.75 Å². The smallest absolute Gasteiger partial charge is 0.428 e. The van der Waals surface area contributed by atoms with Crippen molar-refractivity contribution in [1.82, 2.24) is 0 Å². The van der Waals surface area contributed by atoms with Gasteiger partial charge in [-0.2, -0.15) is 43.9 Å². The third kappa shape index (κ3) is 3.22. The fourth-order valence-corrected chi connectivity index (χ4v) is 1.57. The largest absolute Gasteiger partial charge is 0.471 e. The summed E-state index contributed by atoms with van der Waals surface area (Å²) < 4.78 is 147. The summed E-state index contributed by atoms with van der Waals surface area (Å²) in [6.45, 7) is -2.44. The number of hydrogen-bond acceptors (Lipinski definition) is 1. The van der Waals surface area contributed by atoms with Crippen LogP contribution in [0.4, 0.5) is 48.3 Å². The highest BCUT2D eigenvalue weighted by atomic mass is 19.4. The highest BCUT2D eigenvalue weighted by Gasteiger charge is 2.87. The Morgan fingerprint density at radius 2 is 1.24 bits per heavy atom. The third-order valence-electron chi connectivity index (χ3n) is 3.11. The number of hydrogen-bond donors (Lipinski definition) is 0. The molecule has 0 aliphatic carbocycles. The molecule has 0 radical (unpaired) electrons. The van der Waals surface area contributed by atoms with Crippen molar-refractivity contribution in [2.45, 2.75) is 36.7 Å². The molecule has 1 aromatic rings. The molecule has 0 spiro atoms. The van der Waals surface area contributed by atoms with Crippen molar-refractivity contribution in [1.29, 1.82) is 0 Å². The Morgan fingerprint density at radius 1 is 0.760 bits per heavy atom. The van der Waals surface area contributed by atoms with E-state index in [1.165, 1.54) is 6.07 Å². The number of para-hydroxylation sites is 1. The number of alkyl halides is 11. The summed E-state index contributed by atoms with van der Waals surface area (Å²) >= 11 is 0. The summed E-state index contributed by atoms with van der Waals surface area (Å²) in [6, 6.07) is 3.86. The van der Waals surface area contributed by atoms with Gasteiger partial charge in [0.05, 0.1) is 0 Å². The minimum atomic E-state index is -7.35. The Kier molecular flexibility index (Phi) is 5.28. The molecule has 0 aromatic heterocycles. The van der Waals surface area contributed by atoms with Crippen LogP contribution < -0.4 is 4.74 Å². The first kappa shape index (κ1) is 21.3. The molecular formula is C13H9F11O. The van der Waals surface area contributed by atoms with Gasteiger partial charge in [0.2, 0.25) is 0 Å². The normalized spacial score (nSPS) is 14.6. The van der Waals surface area contributed by atoms with Crippen molar-refractivity contribution in [3.05, 3.63) is 29.8 Å². The quantitative estimate of drug-likeness (QED) is 0.561. The molecule has 0 fully saturated rings. The molecule has 0 aliphatic rings. The second kappa shape index (κ2) is 6.20. The van der Waals surface area contributed by atoms with Gasteiger partial charge in [-0.3, -0.25) is 0 Å². The third-order valence-corrected chi connectivity index (χ3v) is 3.11. The van der Waals surface area contributed by atoms with Crippen LogP contribution in [0, 0.1) is 6.92 Å². The maximum Gasteiger partial charge on any atom is 0.471 e. The standard InChI is InChI=1S/C13H9F11O/c1-7-4-2-3-5-8(7)25-13(23,24)12(21,22)11(19,20)10(17,18)9(15,16)6-14/h2-5H,6H2,1H3. The number of rotatable bonds is 7. The van der Waals surface area contributed by atoms with E-state index in [2.05, 4.69) is 4.74 Å². The molecule has 0 N–H and O–H groups in total. The topological polar surface area (TPSA) is 9.23 Å². The zero-order chi connectivity index (χ0) is 19.9. The second-order valence-electron chi connectivity index (χ2n) is 4.95. The number of aryl methyl sites for hydroxylation is 1. The molecule has 0 amide bonds. The van der Waals surface area contributed by atoms with E-state index in [0.717, 1.165) is 19.1 Å². The molecule has 0 atom stereocenters. The minimum Gasteiger partial charge on any atom is -0.428 e. The summed E-state index contributed by atoms with van der Waals surface area (Å²) in [5.74, 6) is -29.0. The number of ether oxygens (including phenoxy) is 1. The van der Waals surface area contributed by atoms with Crippen LogP contribution in [0.15, 0.2) is 24.3 Å². The molecule has 144 valence electrons. The van der Waals surface area contributed by atoms with Gasteiger partial charge in [-0.25, -0.2) is 4.39 Å². The van der Waals surface area contributed by atoms with Crippen molar-refractivity contribution >= 4 is 0 Å². The molecular weight excluding hydrogens is 381 g/mol. The average Bonchev–Trinajstić information content (AvgIpc) is 2.48. The van der Waals surface area contributed by atoms with Gasteiger partial charge in [-0.15, -0.1) is 0 Å². The second-order valence-corrected chi connectivity index (χ2v) is 4.95.